The molecule has 0 fully saturated rings. The lowest BCUT2D eigenvalue weighted by atomic mass is 10.0. The van der Waals surface area contributed by atoms with Gasteiger partial charge in [-0.1, -0.05) is 12.1 Å². The van der Waals surface area contributed by atoms with Crippen LogP contribution in [0.2, 0.25) is 0 Å². The highest BCUT2D eigenvalue weighted by Gasteiger charge is 2.29. The normalized spacial score (nSPS) is 13.2. The standard InChI is InChI=1S/C20H16N2O5S/c1-2-22-17-11-10-16(14-4-3-5-15(18(14)17)19(22)23)21-28(26,27)13-8-6-12(7-9-13)20(24)25/h3-11,21H,2H2,1H3,(H,24,25). The molecule has 7 nitrogen and oxygen atoms in total. The van der Waals surface area contributed by atoms with Gasteiger partial charge < -0.3 is 10.0 Å². The molecule has 3 aromatic rings. The number of rotatable bonds is 5. The topological polar surface area (TPSA) is 104 Å². The molecule has 1 amide bonds. The number of anilines is 2. The molecule has 1 aliphatic rings. The summed E-state index contributed by atoms with van der Waals surface area (Å²) in [6, 6.07) is 13.5. The maximum Gasteiger partial charge on any atom is 0.335 e. The van der Waals surface area contributed by atoms with Crippen molar-refractivity contribution in [3.8, 4) is 0 Å². The Hall–Kier alpha value is -3.39. The van der Waals surface area contributed by atoms with Crippen molar-refractivity contribution in [1.29, 1.82) is 0 Å². The molecule has 0 aromatic heterocycles. The molecule has 2 N–H and O–H groups in total. The van der Waals surface area contributed by atoms with Crippen LogP contribution in [-0.2, 0) is 10.0 Å². The fraction of sp³-hybridized carbons (Fsp3) is 0.100. The Morgan fingerprint density at radius 1 is 1.07 bits per heavy atom. The second-order valence-electron chi connectivity index (χ2n) is 6.34. The number of carboxylic acid groups (broad SMARTS) is 1. The fourth-order valence-corrected chi connectivity index (χ4v) is 4.51. The van der Waals surface area contributed by atoms with Crippen molar-refractivity contribution >= 4 is 44.0 Å². The van der Waals surface area contributed by atoms with Gasteiger partial charge in [0.2, 0.25) is 0 Å². The third-order valence-corrected chi connectivity index (χ3v) is 6.14. The molecule has 0 unspecified atom stereocenters. The van der Waals surface area contributed by atoms with Crippen molar-refractivity contribution in [1.82, 2.24) is 0 Å². The first-order chi connectivity index (χ1) is 13.3. The van der Waals surface area contributed by atoms with Crippen LogP contribution in [0.25, 0.3) is 10.8 Å². The molecule has 0 spiro atoms. The van der Waals surface area contributed by atoms with E-state index in [-0.39, 0.29) is 16.4 Å². The van der Waals surface area contributed by atoms with E-state index >= 15 is 0 Å². The predicted octanol–water partition coefficient (Wildman–Crippen LogP) is 3.32. The lowest BCUT2D eigenvalue weighted by Gasteiger charge is -2.16. The zero-order valence-electron chi connectivity index (χ0n) is 14.8. The summed E-state index contributed by atoms with van der Waals surface area (Å²) in [4.78, 5) is 25.1. The monoisotopic (exact) mass is 396 g/mol. The number of benzene rings is 3. The second-order valence-corrected chi connectivity index (χ2v) is 8.03. The highest BCUT2D eigenvalue weighted by atomic mass is 32.2. The molecule has 3 aromatic carbocycles. The summed E-state index contributed by atoms with van der Waals surface area (Å²) in [5.74, 6) is -1.23. The van der Waals surface area contributed by atoms with Crippen LogP contribution < -0.4 is 9.62 Å². The van der Waals surface area contributed by atoms with Crippen molar-refractivity contribution in [3.05, 3.63) is 65.7 Å². The number of carbonyl (C=O) groups excluding carboxylic acids is 1. The van der Waals surface area contributed by atoms with Crippen LogP contribution in [0.4, 0.5) is 11.4 Å². The van der Waals surface area contributed by atoms with Gasteiger partial charge in [0, 0.05) is 22.9 Å². The molecule has 8 heteroatoms. The van der Waals surface area contributed by atoms with Crippen LogP contribution in [0.1, 0.15) is 27.6 Å². The van der Waals surface area contributed by atoms with E-state index in [1.807, 2.05) is 6.92 Å². The number of nitrogens with zero attached hydrogens (tertiary/aromatic N) is 1. The average Bonchev–Trinajstić information content (AvgIpc) is 2.96. The average molecular weight is 396 g/mol. The molecule has 0 saturated heterocycles. The van der Waals surface area contributed by atoms with E-state index in [0.29, 0.717) is 23.2 Å². The van der Waals surface area contributed by atoms with Crippen LogP contribution >= 0.6 is 0 Å². The molecular weight excluding hydrogens is 380 g/mol. The predicted molar refractivity (Wildman–Crippen MR) is 106 cm³/mol. The maximum atomic E-state index is 12.8. The Morgan fingerprint density at radius 2 is 1.79 bits per heavy atom. The summed E-state index contributed by atoms with van der Waals surface area (Å²) in [7, 11) is -3.93. The molecule has 0 atom stereocenters. The Morgan fingerprint density at radius 3 is 2.43 bits per heavy atom. The van der Waals surface area contributed by atoms with Crippen LogP contribution in [0.5, 0.6) is 0 Å². The van der Waals surface area contributed by atoms with Crippen molar-refractivity contribution in [2.24, 2.45) is 0 Å². The Balaban J connectivity index is 1.78. The third-order valence-electron chi connectivity index (χ3n) is 4.76. The first-order valence-electron chi connectivity index (χ1n) is 8.57. The number of carbonyl (C=O) groups is 2. The summed E-state index contributed by atoms with van der Waals surface area (Å²) >= 11 is 0. The van der Waals surface area contributed by atoms with Gasteiger partial charge in [0.1, 0.15) is 0 Å². The molecule has 0 saturated carbocycles. The minimum atomic E-state index is -3.93. The highest BCUT2D eigenvalue weighted by Crippen LogP contribution is 2.40. The molecule has 1 aliphatic heterocycles. The van der Waals surface area contributed by atoms with E-state index in [4.69, 9.17) is 5.11 Å². The Kier molecular flexibility index (Phi) is 4.08. The molecule has 1 heterocycles. The number of carboxylic acids is 1. The molecular formula is C20H16N2O5S. The van der Waals surface area contributed by atoms with Gasteiger partial charge in [0.15, 0.2) is 0 Å². The van der Waals surface area contributed by atoms with Gasteiger partial charge in [-0.25, -0.2) is 13.2 Å². The van der Waals surface area contributed by atoms with Gasteiger partial charge in [-0.15, -0.1) is 0 Å². The summed E-state index contributed by atoms with van der Waals surface area (Å²) in [6.07, 6.45) is 0. The fourth-order valence-electron chi connectivity index (χ4n) is 3.43. The molecule has 142 valence electrons. The maximum absolute atomic E-state index is 12.8. The lowest BCUT2D eigenvalue weighted by Crippen LogP contribution is -2.25. The number of sulfonamides is 1. The highest BCUT2D eigenvalue weighted by molar-refractivity contribution is 7.92. The number of hydrogen-bond acceptors (Lipinski definition) is 4. The first-order valence-corrected chi connectivity index (χ1v) is 10.1. The van der Waals surface area contributed by atoms with Gasteiger partial charge in [0.05, 0.1) is 21.8 Å². The van der Waals surface area contributed by atoms with Crippen molar-refractivity contribution in [2.75, 3.05) is 16.2 Å². The smallest absolute Gasteiger partial charge is 0.335 e. The van der Waals surface area contributed by atoms with Crippen LogP contribution in [0, 0.1) is 0 Å². The molecule has 4 rings (SSSR count). The number of amides is 1. The van der Waals surface area contributed by atoms with Gasteiger partial charge >= 0.3 is 5.97 Å². The molecule has 28 heavy (non-hydrogen) atoms. The third kappa shape index (κ3) is 2.69. The van der Waals surface area contributed by atoms with E-state index in [0.717, 1.165) is 11.1 Å². The quantitative estimate of drug-likeness (QED) is 0.689. The number of nitrogens with one attached hydrogen (secondary N) is 1. The van der Waals surface area contributed by atoms with Crippen molar-refractivity contribution in [3.63, 3.8) is 0 Å². The Bertz CT molecular complexity index is 1230. The van der Waals surface area contributed by atoms with Crippen molar-refractivity contribution < 1.29 is 23.1 Å². The SMILES string of the molecule is CCN1C(=O)c2cccc3c(NS(=O)(=O)c4ccc(C(=O)O)cc4)ccc1c23. The minimum Gasteiger partial charge on any atom is -0.478 e. The lowest BCUT2D eigenvalue weighted by molar-refractivity contribution is 0.0696. The summed E-state index contributed by atoms with van der Waals surface area (Å²) in [6.45, 7) is 2.40. The van der Waals surface area contributed by atoms with E-state index in [1.165, 1.54) is 24.3 Å². The van der Waals surface area contributed by atoms with Gasteiger partial charge in [-0.2, -0.15) is 0 Å². The van der Waals surface area contributed by atoms with Crippen molar-refractivity contribution in [2.45, 2.75) is 11.8 Å². The van der Waals surface area contributed by atoms with E-state index in [2.05, 4.69) is 4.72 Å². The molecule has 0 radical (unpaired) electrons. The van der Waals surface area contributed by atoms with Crippen LogP contribution in [-0.4, -0.2) is 31.9 Å². The molecule has 0 aliphatic carbocycles. The summed E-state index contributed by atoms with van der Waals surface area (Å²) in [5.41, 5.74) is 1.66. The minimum absolute atomic E-state index is 0.00227. The van der Waals surface area contributed by atoms with Gasteiger partial charge in [-0.3, -0.25) is 9.52 Å². The first kappa shape index (κ1) is 18.0. The summed E-state index contributed by atoms with van der Waals surface area (Å²) in [5, 5.41) is 10.3. The van der Waals surface area contributed by atoms with E-state index < -0.39 is 16.0 Å². The van der Waals surface area contributed by atoms with Gasteiger partial charge in [-0.05, 0) is 49.4 Å². The zero-order valence-corrected chi connectivity index (χ0v) is 15.7. The van der Waals surface area contributed by atoms with Gasteiger partial charge in [0.25, 0.3) is 15.9 Å². The molecule has 0 bridgehead atoms. The van der Waals surface area contributed by atoms with E-state index in [1.54, 1.807) is 35.2 Å². The Labute approximate surface area is 161 Å². The van der Waals surface area contributed by atoms with Crippen LogP contribution in [0.3, 0.4) is 0 Å². The summed E-state index contributed by atoms with van der Waals surface area (Å²) < 4.78 is 28.1. The number of hydrogen-bond donors (Lipinski definition) is 2. The largest absolute Gasteiger partial charge is 0.478 e. The van der Waals surface area contributed by atoms with E-state index in [9.17, 15) is 18.0 Å². The zero-order chi connectivity index (χ0) is 20.1. The number of aromatic carboxylic acids is 1. The van der Waals surface area contributed by atoms with Crippen LogP contribution in [0.15, 0.2) is 59.5 Å². The second kappa shape index (κ2) is 6.35.